The summed E-state index contributed by atoms with van der Waals surface area (Å²) in [4.78, 5) is 27.9. The second-order valence-corrected chi connectivity index (χ2v) is 8.28. The predicted molar refractivity (Wildman–Crippen MR) is 97.4 cm³/mol. The van der Waals surface area contributed by atoms with Crippen molar-refractivity contribution in [2.24, 2.45) is 0 Å². The Labute approximate surface area is 160 Å². The van der Waals surface area contributed by atoms with Crippen LogP contribution < -0.4 is 0 Å². The van der Waals surface area contributed by atoms with E-state index in [1.165, 1.54) is 17.0 Å². The molecule has 1 aromatic rings. The van der Waals surface area contributed by atoms with Gasteiger partial charge in [-0.25, -0.2) is 9.18 Å². The summed E-state index contributed by atoms with van der Waals surface area (Å²) in [6, 6.07) is 2.26. The van der Waals surface area contributed by atoms with Crippen molar-refractivity contribution in [3.63, 3.8) is 0 Å². The highest BCUT2D eigenvalue weighted by atomic mass is 79.9. The number of carbonyl (C=O) groups excluding carboxylic acids is 2. The van der Waals surface area contributed by atoms with Crippen LogP contribution in [0.5, 0.6) is 0 Å². The van der Waals surface area contributed by atoms with Crippen LogP contribution in [0.1, 0.15) is 38.1 Å². The third kappa shape index (κ3) is 4.85. The Bertz CT molecular complexity index is 693. The van der Waals surface area contributed by atoms with E-state index in [4.69, 9.17) is 16.3 Å². The second kappa shape index (κ2) is 7.50. The monoisotopic (exact) mass is 434 g/mol. The largest absolute Gasteiger partial charge is 0.444 e. The van der Waals surface area contributed by atoms with E-state index in [0.29, 0.717) is 24.1 Å². The fourth-order valence-corrected chi connectivity index (χ4v) is 3.07. The van der Waals surface area contributed by atoms with E-state index in [2.05, 4.69) is 15.9 Å². The summed E-state index contributed by atoms with van der Waals surface area (Å²) in [5, 5.41) is 0.269. The SMILES string of the molecule is CC1CN(C(=O)c2cc(Cl)c(Br)cc2F)CCN1C(=O)OC(C)(C)C. The summed E-state index contributed by atoms with van der Waals surface area (Å²) in [7, 11) is 0. The zero-order chi connectivity index (χ0) is 18.9. The molecule has 1 aromatic carbocycles. The van der Waals surface area contributed by atoms with Crippen LogP contribution in [0.25, 0.3) is 0 Å². The quantitative estimate of drug-likeness (QED) is 0.617. The summed E-state index contributed by atoms with van der Waals surface area (Å²) in [5.74, 6) is -1.08. The minimum atomic E-state index is -0.636. The molecule has 1 fully saturated rings. The standard InChI is InChI=1S/C17H21BrClFN2O3/c1-10-9-21(5-6-22(10)16(24)25-17(2,3)4)15(23)11-7-13(19)12(18)8-14(11)20/h7-8,10H,5-6,9H2,1-4H3. The average molecular weight is 436 g/mol. The lowest BCUT2D eigenvalue weighted by molar-refractivity contribution is 0.00190. The molecule has 0 radical (unpaired) electrons. The highest BCUT2D eigenvalue weighted by molar-refractivity contribution is 9.10. The molecule has 1 saturated heterocycles. The second-order valence-electron chi connectivity index (χ2n) is 7.02. The Balaban J connectivity index is 2.09. The smallest absolute Gasteiger partial charge is 0.410 e. The zero-order valence-corrected chi connectivity index (χ0v) is 16.9. The van der Waals surface area contributed by atoms with Crippen molar-refractivity contribution in [2.75, 3.05) is 19.6 Å². The van der Waals surface area contributed by atoms with Crippen molar-refractivity contribution < 1.29 is 18.7 Å². The van der Waals surface area contributed by atoms with Crippen LogP contribution in [-0.4, -0.2) is 53.1 Å². The highest BCUT2D eigenvalue weighted by Gasteiger charge is 2.33. The maximum absolute atomic E-state index is 14.1. The summed E-state index contributed by atoms with van der Waals surface area (Å²) in [5.41, 5.74) is -0.660. The van der Waals surface area contributed by atoms with Gasteiger partial charge < -0.3 is 14.5 Å². The van der Waals surface area contributed by atoms with Gasteiger partial charge in [-0.3, -0.25) is 4.79 Å². The molecule has 8 heteroatoms. The lowest BCUT2D eigenvalue weighted by Crippen LogP contribution is -2.56. The summed E-state index contributed by atoms with van der Waals surface area (Å²) >= 11 is 9.10. The molecule has 1 aliphatic rings. The van der Waals surface area contributed by atoms with Gasteiger partial charge in [0.05, 0.1) is 10.6 Å². The van der Waals surface area contributed by atoms with Crippen LogP contribution in [0, 0.1) is 5.82 Å². The van der Waals surface area contributed by atoms with Gasteiger partial charge in [-0.2, -0.15) is 0 Å². The van der Waals surface area contributed by atoms with Gasteiger partial charge in [-0.15, -0.1) is 0 Å². The molecule has 0 saturated carbocycles. The fourth-order valence-electron chi connectivity index (χ4n) is 2.59. The predicted octanol–water partition coefficient (Wildman–Crippen LogP) is 4.32. The van der Waals surface area contributed by atoms with Crippen molar-refractivity contribution in [2.45, 2.75) is 39.3 Å². The van der Waals surface area contributed by atoms with Gasteiger partial charge >= 0.3 is 6.09 Å². The third-order valence-electron chi connectivity index (χ3n) is 3.78. The van der Waals surface area contributed by atoms with Crippen molar-refractivity contribution >= 4 is 39.5 Å². The van der Waals surface area contributed by atoms with E-state index in [9.17, 15) is 14.0 Å². The molecule has 25 heavy (non-hydrogen) atoms. The van der Waals surface area contributed by atoms with E-state index >= 15 is 0 Å². The van der Waals surface area contributed by atoms with Gasteiger partial charge in [-0.1, -0.05) is 11.6 Å². The number of hydrogen-bond acceptors (Lipinski definition) is 3. The van der Waals surface area contributed by atoms with Crippen LogP contribution >= 0.6 is 27.5 Å². The number of benzene rings is 1. The Morgan fingerprint density at radius 2 is 1.96 bits per heavy atom. The molecule has 0 bridgehead atoms. The Kier molecular flexibility index (Phi) is 5.99. The van der Waals surface area contributed by atoms with Crippen molar-refractivity contribution in [1.29, 1.82) is 0 Å². The first-order valence-corrected chi connectivity index (χ1v) is 9.10. The first-order chi connectivity index (χ1) is 11.5. The lowest BCUT2D eigenvalue weighted by Gasteiger charge is -2.40. The maximum atomic E-state index is 14.1. The topological polar surface area (TPSA) is 49.9 Å². The summed E-state index contributed by atoms with van der Waals surface area (Å²) < 4.78 is 19.9. The molecular weight excluding hydrogens is 415 g/mol. The molecule has 1 heterocycles. The van der Waals surface area contributed by atoms with Crippen LogP contribution in [-0.2, 0) is 4.74 Å². The normalized spacial score (nSPS) is 18.3. The molecule has 0 aromatic heterocycles. The highest BCUT2D eigenvalue weighted by Crippen LogP contribution is 2.27. The van der Waals surface area contributed by atoms with Gasteiger partial charge in [0.25, 0.3) is 5.91 Å². The molecule has 0 spiro atoms. The first-order valence-electron chi connectivity index (χ1n) is 7.93. The van der Waals surface area contributed by atoms with Gasteiger partial charge in [-0.05, 0) is 55.8 Å². The Hall–Kier alpha value is -1.34. The zero-order valence-electron chi connectivity index (χ0n) is 14.6. The number of hydrogen-bond donors (Lipinski definition) is 0. The Morgan fingerprint density at radius 1 is 1.32 bits per heavy atom. The van der Waals surface area contributed by atoms with E-state index in [1.54, 1.807) is 25.7 Å². The van der Waals surface area contributed by atoms with E-state index < -0.39 is 23.4 Å². The van der Waals surface area contributed by atoms with Crippen LogP contribution in [0.3, 0.4) is 0 Å². The number of halogens is 3. The average Bonchev–Trinajstić information content (AvgIpc) is 2.48. The molecular formula is C17H21BrClFN2O3. The molecule has 5 nitrogen and oxygen atoms in total. The number of ether oxygens (including phenoxy) is 1. The number of rotatable bonds is 1. The molecule has 1 aliphatic heterocycles. The molecule has 0 aliphatic carbocycles. The lowest BCUT2D eigenvalue weighted by atomic mass is 10.1. The van der Waals surface area contributed by atoms with Gasteiger partial charge in [0, 0.05) is 30.1 Å². The van der Waals surface area contributed by atoms with Crippen LogP contribution in [0.15, 0.2) is 16.6 Å². The van der Waals surface area contributed by atoms with E-state index in [1.807, 2.05) is 6.92 Å². The summed E-state index contributed by atoms with van der Waals surface area (Å²) in [6.45, 7) is 8.16. The molecule has 2 amide bonds. The summed E-state index contributed by atoms with van der Waals surface area (Å²) in [6.07, 6.45) is -0.412. The molecule has 138 valence electrons. The van der Waals surface area contributed by atoms with Gasteiger partial charge in [0.2, 0.25) is 0 Å². The van der Waals surface area contributed by atoms with Gasteiger partial charge in [0.15, 0.2) is 0 Å². The molecule has 1 unspecified atom stereocenters. The fraction of sp³-hybridized carbons (Fsp3) is 0.529. The van der Waals surface area contributed by atoms with Gasteiger partial charge in [0.1, 0.15) is 11.4 Å². The van der Waals surface area contributed by atoms with Crippen LogP contribution in [0.2, 0.25) is 5.02 Å². The molecule has 0 N–H and O–H groups in total. The number of piperazine rings is 1. The minimum absolute atomic E-state index is 0.0777. The minimum Gasteiger partial charge on any atom is -0.444 e. The number of carbonyl (C=O) groups is 2. The Morgan fingerprint density at radius 3 is 2.52 bits per heavy atom. The van der Waals surface area contributed by atoms with E-state index in [-0.39, 0.29) is 16.6 Å². The molecule has 2 rings (SSSR count). The number of nitrogens with zero attached hydrogens (tertiary/aromatic N) is 2. The van der Waals surface area contributed by atoms with Crippen molar-refractivity contribution in [3.8, 4) is 0 Å². The third-order valence-corrected chi connectivity index (χ3v) is 4.98. The molecule has 1 atom stereocenters. The van der Waals surface area contributed by atoms with Crippen LogP contribution in [0.4, 0.5) is 9.18 Å². The van der Waals surface area contributed by atoms with Crippen molar-refractivity contribution in [1.82, 2.24) is 9.80 Å². The first kappa shape index (κ1) is 20.0. The van der Waals surface area contributed by atoms with Crippen molar-refractivity contribution in [3.05, 3.63) is 33.0 Å². The number of amides is 2. The van der Waals surface area contributed by atoms with E-state index in [0.717, 1.165) is 0 Å². The maximum Gasteiger partial charge on any atom is 0.410 e.